The van der Waals surface area contributed by atoms with E-state index >= 15 is 0 Å². The summed E-state index contributed by atoms with van der Waals surface area (Å²) in [4.78, 5) is 2.72. The maximum absolute atomic E-state index is 3.97. The molecule has 0 bridgehead atoms. The van der Waals surface area contributed by atoms with Gasteiger partial charge < -0.3 is 10.2 Å². The molecule has 0 aromatic heterocycles. The van der Waals surface area contributed by atoms with Gasteiger partial charge in [-0.1, -0.05) is 40.0 Å². The summed E-state index contributed by atoms with van der Waals surface area (Å²) in [5, 5.41) is 3.97. The molecule has 2 heteroatoms. The molecular formula is C17H34N2. The first-order chi connectivity index (χ1) is 9.17. The third-order valence-electron chi connectivity index (χ3n) is 4.76. The number of hydrogen-bond acceptors (Lipinski definition) is 2. The molecule has 0 spiro atoms. The van der Waals surface area contributed by atoms with Gasteiger partial charge in [0.25, 0.3) is 0 Å². The molecule has 2 nitrogen and oxygen atoms in total. The van der Waals surface area contributed by atoms with Gasteiger partial charge in [0, 0.05) is 31.7 Å². The molecule has 0 radical (unpaired) electrons. The predicted molar refractivity (Wildman–Crippen MR) is 83.5 cm³/mol. The fourth-order valence-electron chi connectivity index (χ4n) is 4.13. The Labute approximate surface area is 120 Å². The molecule has 1 N–H and O–H groups in total. The highest BCUT2D eigenvalue weighted by molar-refractivity contribution is 4.87. The zero-order chi connectivity index (χ0) is 13.7. The lowest BCUT2D eigenvalue weighted by Gasteiger charge is -2.40. The number of nitrogens with one attached hydrogen (secondary N) is 1. The molecular weight excluding hydrogens is 232 g/mol. The van der Waals surface area contributed by atoms with E-state index in [0.29, 0.717) is 0 Å². The molecule has 1 saturated carbocycles. The molecule has 2 unspecified atom stereocenters. The second-order valence-corrected chi connectivity index (χ2v) is 7.35. The van der Waals surface area contributed by atoms with Crippen LogP contribution in [0.2, 0.25) is 0 Å². The summed E-state index contributed by atoms with van der Waals surface area (Å²) < 4.78 is 0. The molecule has 1 aliphatic heterocycles. The molecule has 2 fully saturated rings. The van der Waals surface area contributed by atoms with Crippen LogP contribution in [0.15, 0.2) is 0 Å². The van der Waals surface area contributed by atoms with Gasteiger partial charge in [0.15, 0.2) is 0 Å². The third kappa shape index (κ3) is 5.07. The van der Waals surface area contributed by atoms with E-state index in [9.17, 15) is 0 Å². The van der Waals surface area contributed by atoms with E-state index in [2.05, 4.69) is 31.0 Å². The number of rotatable bonds is 6. The van der Waals surface area contributed by atoms with Gasteiger partial charge in [-0.05, 0) is 37.5 Å². The topological polar surface area (TPSA) is 15.3 Å². The first-order valence-electron chi connectivity index (χ1n) is 8.65. The van der Waals surface area contributed by atoms with Gasteiger partial charge in [-0.3, -0.25) is 0 Å². The normalized spacial score (nSPS) is 30.3. The van der Waals surface area contributed by atoms with Gasteiger partial charge in [-0.15, -0.1) is 0 Å². The lowest BCUT2D eigenvalue weighted by atomic mass is 9.89. The van der Waals surface area contributed by atoms with Crippen molar-refractivity contribution in [3.8, 4) is 0 Å². The Morgan fingerprint density at radius 2 is 1.84 bits per heavy atom. The maximum Gasteiger partial charge on any atom is 0.0200 e. The minimum Gasteiger partial charge on any atom is -0.310 e. The van der Waals surface area contributed by atoms with Crippen molar-refractivity contribution in [3.63, 3.8) is 0 Å². The van der Waals surface area contributed by atoms with Crippen LogP contribution in [0.1, 0.15) is 65.7 Å². The molecule has 1 aliphatic carbocycles. The summed E-state index contributed by atoms with van der Waals surface area (Å²) in [6, 6.07) is 1.58. The molecule has 2 atom stereocenters. The van der Waals surface area contributed by atoms with E-state index in [1.54, 1.807) is 0 Å². The summed E-state index contributed by atoms with van der Waals surface area (Å²) >= 11 is 0. The zero-order valence-corrected chi connectivity index (χ0v) is 13.3. The highest BCUT2D eigenvalue weighted by atomic mass is 15.2. The minimum atomic E-state index is 0.757. The molecule has 0 aromatic carbocycles. The van der Waals surface area contributed by atoms with Crippen LogP contribution in [0.5, 0.6) is 0 Å². The molecule has 2 aliphatic rings. The Morgan fingerprint density at radius 1 is 1.11 bits per heavy atom. The third-order valence-corrected chi connectivity index (χ3v) is 4.76. The number of hydrogen-bond donors (Lipinski definition) is 1. The van der Waals surface area contributed by atoms with E-state index in [1.807, 2.05) is 0 Å². The fraction of sp³-hybridized carbons (Fsp3) is 1.00. The van der Waals surface area contributed by atoms with Crippen molar-refractivity contribution in [1.82, 2.24) is 10.2 Å². The van der Waals surface area contributed by atoms with Crippen molar-refractivity contribution in [2.24, 2.45) is 11.8 Å². The Hall–Kier alpha value is -0.0800. The van der Waals surface area contributed by atoms with Crippen molar-refractivity contribution in [1.29, 1.82) is 0 Å². The van der Waals surface area contributed by atoms with Crippen LogP contribution in [0.3, 0.4) is 0 Å². The zero-order valence-electron chi connectivity index (χ0n) is 13.3. The number of nitrogens with zero attached hydrogens (tertiary/aromatic N) is 1. The first-order valence-corrected chi connectivity index (χ1v) is 8.65. The van der Waals surface area contributed by atoms with E-state index in [-0.39, 0.29) is 0 Å². The van der Waals surface area contributed by atoms with Crippen molar-refractivity contribution in [2.75, 3.05) is 19.6 Å². The van der Waals surface area contributed by atoms with Crippen molar-refractivity contribution in [2.45, 2.75) is 77.8 Å². The van der Waals surface area contributed by atoms with Crippen molar-refractivity contribution in [3.05, 3.63) is 0 Å². The smallest absolute Gasteiger partial charge is 0.0200 e. The highest BCUT2D eigenvalue weighted by Gasteiger charge is 2.29. The monoisotopic (exact) mass is 266 g/mol. The Morgan fingerprint density at radius 3 is 2.47 bits per heavy atom. The van der Waals surface area contributed by atoms with Crippen LogP contribution >= 0.6 is 0 Å². The fourth-order valence-corrected chi connectivity index (χ4v) is 4.13. The molecule has 112 valence electrons. The van der Waals surface area contributed by atoms with E-state index in [1.165, 1.54) is 64.6 Å². The molecule has 0 aromatic rings. The summed E-state index contributed by atoms with van der Waals surface area (Å²) in [6.07, 6.45) is 9.89. The molecule has 1 saturated heterocycles. The quantitative estimate of drug-likeness (QED) is 0.789. The lowest BCUT2D eigenvalue weighted by Crippen LogP contribution is -2.52. The first kappa shape index (κ1) is 15.3. The largest absolute Gasteiger partial charge is 0.310 e. The van der Waals surface area contributed by atoms with Crippen LogP contribution in [-0.4, -0.2) is 36.6 Å². The average Bonchev–Trinajstić information content (AvgIpc) is 2.81. The lowest BCUT2D eigenvalue weighted by molar-refractivity contribution is 0.118. The van der Waals surface area contributed by atoms with Crippen LogP contribution < -0.4 is 5.32 Å². The summed E-state index contributed by atoms with van der Waals surface area (Å²) in [6.45, 7) is 10.9. The van der Waals surface area contributed by atoms with Crippen LogP contribution in [0, 0.1) is 11.8 Å². The Kier molecular flexibility index (Phi) is 6.15. The van der Waals surface area contributed by atoms with Crippen LogP contribution in [-0.2, 0) is 0 Å². The number of piperidine rings is 1. The molecule has 1 heterocycles. The molecule has 19 heavy (non-hydrogen) atoms. The van der Waals surface area contributed by atoms with E-state index < -0.39 is 0 Å². The Bertz CT molecular complexity index is 246. The van der Waals surface area contributed by atoms with Gasteiger partial charge >= 0.3 is 0 Å². The second kappa shape index (κ2) is 7.64. The second-order valence-electron chi connectivity index (χ2n) is 7.35. The SMILES string of the molecule is CCCC1CC(NC2CCCC2)CN(CC(C)C)C1. The van der Waals surface area contributed by atoms with E-state index in [0.717, 1.165) is 23.9 Å². The van der Waals surface area contributed by atoms with Gasteiger partial charge in [-0.25, -0.2) is 0 Å². The van der Waals surface area contributed by atoms with Gasteiger partial charge in [0.2, 0.25) is 0 Å². The van der Waals surface area contributed by atoms with E-state index in [4.69, 9.17) is 0 Å². The minimum absolute atomic E-state index is 0.757. The highest BCUT2D eigenvalue weighted by Crippen LogP contribution is 2.25. The maximum atomic E-state index is 3.97. The summed E-state index contributed by atoms with van der Waals surface area (Å²) in [5.74, 6) is 1.73. The number of likely N-dealkylation sites (tertiary alicyclic amines) is 1. The van der Waals surface area contributed by atoms with Gasteiger partial charge in [-0.2, -0.15) is 0 Å². The summed E-state index contributed by atoms with van der Waals surface area (Å²) in [7, 11) is 0. The molecule has 0 amide bonds. The summed E-state index contributed by atoms with van der Waals surface area (Å²) in [5.41, 5.74) is 0. The molecule has 2 rings (SSSR count). The van der Waals surface area contributed by atoms with Crippen LogP contribution in [0.4, 0.5) is 0 Å². The average molecular weight is 266 g/mol. The van der Waals surface area contributed by atoms with Crippen LogP contribution in [0.25, 0.3) is 0 Å². The van der Waals surface area contributed by atoms with Gasteiger partial charge in [0.1, 0.15) is 0 Å². The standard InChI is InChI=1S/C17H34N2/c1-4-7-15-10-17(18-16-8-5-6-9-16)13-19(12-15)11-14(2)3/h14-18H,4-13H2,1-3H3. The van der Waals surface area contributed by atoms with Crippen molar-refractivity contribution >= 4 is 0 Å². The Balaban J connectivity index is 1.85. The predicted octanol–water partition coefficient (Wildman–Crippen LogP) is 3.67. The van der Waals surface area contributed by atoms with Gasteiger partial charge in [0.05, 0.1) is 0 Å². The van der Waals surface area contributed by atoms with Crippen molar-refractivity contribution < 1.29 is 0 Å².